The van der Waals surface area contributed by atoms with Crippen LogP contribution >= 0.6 is 0 Å². The van der Waals surface area contributed by atoms with Gasteiger partial charge in [-0.1, -0.05) is 0 Å². The van der Waals surface area contributed by atoms with Crippen LogP contribution in [0.5, 0.6) is 0 Å². The number of amides is 1. The minimum absolute atomic E-state index is 0.112. The predicted octanol–water partition coefficient (Wildman–Crippen LogP) is -1.77. The van der Waals surface area contributed by atoms with E-state index in [4.69, 9.17) is 10.2 Å². The van der Waals surface area contributed by atoms with Gasteiger partial charge in [-0.25, -0.2) is 8.42 Å². The first-order valence-electron chi connectivity index (χ1n) is 4.58. The third-order valence-electron chi connectivity index (χ3n) is 1.78. The van der Waals surface area contributed by atoms with Crippen LogP contribution in [0.2, 0.25) is 0 Å². The van der Waals surface area contributed by atoms with Gasteiger partial charge in [-0.2, -0.15) is 0 Å². The molecule has 0 saturated carbocycles. The van der Waals surface area contributed by atoms with Crippen LogP contribution in [0.4, 0.5) is 0 Å². The number of carbonyl (C=O) groups excluding carboxylic acids is 1. The van der Waals surface area contributed by atoms with E-state index in [2.05, 4.69) is 0 Å². The predicted molar refractivity (Wildman–Crippen MR) is 55.1 cm³/mol. The normalized spacial score (nSPS) is 11.4. The van der Waals surface area contributed by atoms with Gasteiger partial charge in [-0.3, -0.25) is 4.79 Å². The van der Waals surface area contributed by atoms with E-state index in [1.807, 2.05) is 0 Å². The Hall–Kier alpha value is -0.660. The lowest BCUT2D eigenvalue weighted by molar-refractivity contribution is -0.131. The van der Waals surface area contributed by atoms with Gasteiger partial charge in [-0.15, -0.1) is 0 Å². The summed E-state index contributed by atoms with van der Waals surface area (Å²) in [6, 6.07) is 0. The number of hydrogen-bond donors (Lipinski definition) is 2. The van der Waals surface area contributed by atoms with Crippen LogP contribution in [0, 0.1) is 0 Å². The molecular weight excluding hydrogens is 222 g/mol. The molecular formula is C8H17NO5S. The Labute approximate surface area is 89.4 Å². The molecule has 15 heavy (non-hydrogen) atoms. The van der Waals surface area contributed by atoms with Gasteiger partial charge in [-0.05, 0) is 0 Å². The maximum atomic E-state index is 11.4. The molecule has 0 fully saturated rings. The summed E-state index contributed by atoms with van der Waals surface area (Å²) >= 11 is 0. The summed E-state index contributed by atoms with van der Waals surface area (Å²) in [7, 11) is -3.16. The first-order valence-corrected chi connectivity index (χ1v) is 6.64. The first-order chi connectivity index (χ1) is 6.90. The van der Waals surface area contributed by atoms with Crippen molar-refractivity contribution in [2.75, 3.05) is 38.3 Å². The first kappa shape index (κ1) is 14.3. The Kier molecular flexibility index (Phi) is 6.46. The monoisotopic (exact) mass is 239 g/mol. The van der Waals surface area contributed by atoms with Gasteiger partial charge < -0.3 is 15.1 Å². The zero-order chi connectivity index (χ0) is 11.9. The number of carbonyl (C=O) groups is 1. The van der Waals surface area contributed by atoms with Crippen LogP contribution in [0.3, 0.4) is 0 Å². The molecule has 0 heterocycles. The molecule has 1 amide bonds. The highest BCUT2D eigenvalue weighted by Crippen LogP contribution is 1.97. The van der Waals surface area contributed by atoms with Gasteiger partial charge in [0.2, 0.25) is 5.91 Å². The minimum atomic E-state index is -3.16. The van der Waals surface area contributed by atoms with Crippen LogP contribution in [-0.4, -0.2) is 67.7 Å². The van der Waals surface area contributed by atoms with E-state index in [0.29, 0.717) is 0 Å². The molecule has 0 radical (unpaired) electrons. The number of aliphatic hydroxyl groups excluding tert-OH is 2. The number of hydrogen-bond acceptors (Lipinski definition) is 5. The van der Waals surface area contributed by atoms with Crippen LogP contribution in [0.25, 0.3) is 0 Å². The zero-order valence-corrected chi connectivity index (χ0v) is 9.53. The lowest BCUT2D eigenvalue weighted by Gasteiger charge is -2.20. The molecule has 0 bridgehead atoms. The third-order valence-corrected chi connectivity index (χ3v) is 2.72. The van der Waals surface area contributed by atoms with E-state index in [9.17, 15) is 13.2 Å². The average Bonchev–Trinajstić information content (AvgIpc) is 2.13. The number of rotatable bonds is 7. The van der Waals surface area contributed by atoms with Crippen molar-refractivity contribution < 1.29 is 23.4 Å². The van der Waals surface area contributed by atoms with Crippen molar-refractivity contribution in [2.45, 2.75) is 6.42 Å². The van der Waals surface area contributed by atoms with E-state index in [0.717, 1.165) is 6.26 Å². The lowest BCUT2D eigenvalue weighted by Crippen LogP contribution is -2.36. The molecule has 0 saturated heterocycles. The molecule has 0 aliphatic carbocycles. The molecule has 7 heteroatoms. The highest BCUT2D eigenvalue weighted by Gasteiger charge is 2.14. The topological polar surface area (TPSA) is 94.9 Å². The van der Waals surface area contributed by atoms with E-state index < -0.39 is 9.84 Å². The van der Waals surface area contributed by atoms with Crippen molar-refractivity contribution >= 4 is 15.7 Å². The number of sulfone groups is 1. The summed E-state index contributed by atoms with van der Waals surface area (Å²) in [5, 5.41) is 17.3. The van der Waals surface area contributed by atoms with Crippen LogP contribution < -0.4 is 0 Å². The Morgan fingerprint density at radius 2 is 1.67 bits per heavy atom. The maximum Gasteiger partial charge on any atom is 0.223 e. The van der Waals surface area contributed by atoms with E-state index in [-0.39, 0.29) is 44.4 Å². The summed E-state index contributed by atoms with van der Waals surface area (Å²) in [6.45, 7) is -0.179. The van der Waals surface area contributed by atoms with Crippen molar-refractivity contribution in [1.82, 2.24) is 4.90 Å². The second-order valence-electron chi connectivity index (χ2n) is 3.21. The van der Waals surface area contributed by atoms with Crippen molar-refractivity contribution in [3.8, 4) is 0 Å². The Morgan fingerprint density at radius 1 is 1.20 bits per heavy atom. The van der Waals surface area contributed by atoms with Gasteiger partial charge in [0.05, 0.1) is 19.0 Å². The third kappa shape index (κ3) is 7.29. The van der Waals surface area contributed by atoms with E-state index in [1.54, 1.807) is 0 Å². The minimum Gasteiger partial charge on any atom is -0.395 e. The largest absolute Gasteiger partial charge is 0.395 e. The van der Waals surface area contributed by atoms with Gasteiger partial charge in [0.1, 0.15) is 9.84 Å². The highest BCUT2D eigenvalue weighted by molar-refractivity contribution is 7.90. The molecule has 0 aromatic heterocycles. The molecule has 0 atom stereocenters. The molecule has 90 valence electrons. The van der Waals surface area contributed by atoms with Gasteiger partial charge in [0.25, 0.3) is 0 Å². The van der Waals surface area contributed by atoms with Crippen molar-refractivity contribution in [3.63, 3.8) is 0 Å². The SMILES string of the molecule is CS(=O)(=O)CCC(=O)N(CCO)CCO. The Morgan fingerprint density at radius 3 is 2.00 bits per heavy atom. The standard InChI is InChI=1S/C8H17NO5S/c1-15(13,14)7-2-8(12)9(3-5-10)4-6-11/h10-11H,2-7H2,1H3. The quantitative estimate of drug-likeness (QED) is 0.548. The molecule has 6 nitrogen and oxygen atoms in total. The summed E-state index contributed by atoms with van der Waals surface area (Å²) in [4.78, 5) is 12.7. The maximum absolute atomic E-state index is 11.4. The van der Waals surface area contributed by atoms with Crippen molar-refractivity contribution in [2.24, 2.45) is 0 Å². The summed E-state index contributed by atoms with van der Waals surface area (Å²) < 4.78 is 21.6. The molecule has 0 rings (SSSR count). The molecule has 2 N–H and O–H groups in total. The second-order valence-corrected chi connectivity index (χ2v) is 5.47. The summed E-state index contributed by atoms with van der Waals surface area (Å²) in [5.74, 6) is -0.581. The molecule has 0 spiro atoms. The highest BCUT2D eigenvalue weighted by atomic mass is 32.2. The van der Waals surface area contributed by atoms with Crippen molar-refractivity contribution in [1.29, 1.82) is 0 Å². The van der Waals surface area contributed by atoms with E-state index in [1.165, 1.54) is 4.90 Å². The van der Waals surface area contributed by atoms with Gasteiger partial charge in [0, 0.05) is 25.8 Å². The zero-order valence-electron chi connectivity index (χ0n) is 8.72. The summed E-state index contributed by atoms with van der Waals surface area (Å²) in [5.41, 5.74) is 0. The van der Waals surface area contributed by atoms with Crippen LogP contribution in [0.15, 0.2) is 0 Å². The molecule has 0 unspecified atom stereocenters. The lowest BCUT2D eigenvalue weighted by atomic mass is 10.4. The molecule has 0 aromatic rings. The van der Waals surface area contributed by atoms with Gasteiger partial charge in [0.15, 0.2) is 0 Å². The molecule has 0 aliphatic rings. The molecule has 0 aromatic carbocycles. The van der Waals surface area contributed by atoms with Gasteiger partial charge >= 0.3 is 0 Å². The Bertz CT molecular complexity index is 281. The smallest absolute Gasteiger partial charge is 0.223 e. The van der Waals surface area contributed by atoms with E-state index >= 15 is 0 Å². The summed E-state index contributed by atoms with van der Waals surface area (Å²) in [6.07, 6.45) is 0.946. The second kappa shape index (κ2) is 6.76. The average molecular weight is 239 g/mol. The fraction of sp³-hybridized carbons (Fsp3) is 0.875. The number of nitrogens with zero attached hydrogens (tertiary/aromatic N) is 1. The number of aliphatic hydroxyl groups is 2. The Balaban J connectivity index is 4.13. The van der Waals surface area contributed by atoms with Crippen LogP contribution in [-0.2, 0) is 14.6 Å². The fourth-order valence-corrected chi connectivity index (χ4v) is 1.58. The fourth-order valence-electron chi connectivity index (χ4n) is 1.03. The molecule has 0 aliphatic heterocycles. The van der Waals surface area contributed by atoms with Crippen LogP contribution in [0.1, 0.15) is 6.42 Å². The van der Waals surface area contributed by atoms with Crippen molar-refractivity contribution in [3.05, 3.63) is 0 Å².